The monoisotopic (exact) mass is 298 g/mol. The molecule has 1 aromatic carbocycles. The molecular weight excluding hydrogens is 275 g/mol. The van der Waals surface area contributed by atoms with Crippen LogP contribution in [0.5, 0.6) is 0 Å². The van der Waals surface area contributed by atoms with Crippen molar-refractivity contribution in [3.05, 3.63) is 35.1 Å². The van der Waals surface area contributed by atoms with E-state index < -0.39 is 0 Å². The van der Waals surface area contributed by atoms with Crippen LogP contribution in [0.2, 0.25) is 0 Å². The molecule has 2 N–H and O–H groups in total. The van der Waals surface area contributed by atoms with Crippen molar-refractivity contribution in [2.45, 2.75) is 26.7 Å². The molecule has 0 unspecified atom stereocenters. The Hall–Kier alpha value is -1.20. The van der Waals surface area contributed by atoms with Crippen molar-refractivity contribution in [3.63, 3.8) is 0 Å². The minimum Gasteiger partial charge on any atom is -0.382 e. The molecule has 0 atom stereocenters. The van der Waals surface area contributed by atoms with E-state index in [9.17, 15) is 4.39 Å². The third-order valence-electron chi connectivity index (χ3n) is 2.94. The molecule has 0 saturated carbocycles. The number of halogens is 1. The molecule has 0 aliphatic carbocycles. The maximum absolute atomic E-state index is 13.0. The molecule has 0 bridgehead atoms. The van der Waals surface area contributed by atoms with Gasteiger partial charge in [-0.05, 0) is 62.2 Å². The first kappa shape index (κ1) is 16.9. The average Bonchev–Trinajstić information content (AvgIpc) is 2.41. The summed E-state index contributed by atoms with van der Waals surface area (Å²) >= 11 is 5.18. The highest BCUT2D eigenvalue weighted by Gasteiger charge is 2.01. The van der Waals surface area contributed by atoms with Gasteiger partial charge in [0, 0.05) is 26.3 Å². The van der Waals surface area contributed by atoms with Gasteiger partial charge in [0.05, 0.1) is 0 Å². The molecule has 3 nitrogen and oxygen atoms in total. The van der Waals surface area contributed by atoms with E-state index in [2.05, 4.69) is 10.6 Å². The first-order chi connectivity index (χ1) is 9.63. The topological polar surface area (TPSA) is 33.3 Å². The van der Waals surface area contributed by atoms with Crippen LogP contribution in [0.1, 0.15) is 24.5 Å². The van der Waals surface area contributed by atoms with Crippen molar-refractivity contribution in [2.75, 3.05) is 26.3 Å². The second-order valence-corrected chi connectivity index (χ2v) is 4.96. The molecule has 0 aromatic heterocycles. The van der Waals surface area contributed by atoms with Gasteiger partial charge in [-0.1, -0.05) is 6.07 Å². The van der Waals surface area contributed by atoms with Crippen LogP contribution >= 0.6 is 12.2 Å². The molecule has 112 valence electrons. The van der Waals surface area contributed by atoms with Gasteiger partial charge in [0.1, 0.15) is 5.82 Å². The number of hydrogen-bond acceptors (Lipinski definition) is 2. The van der Waals surface area contributed by atoms with E-state index >= 15 is 0 Å². The molecule has 0 amide bonds. The highest BCUT2D eigenvalue weighted by Crippen LogP contribution is 2.10. The standard InChI is InChI=1S/C15H23FN2OS/c1-3-19-10-4-8-17-15(20)18-9-7-13-5-6-14(16)11-12(13)2/h5-6,11H,3-4,7-10H2,1-2H3,(H2,17,18,20). The summed E-state index contributed by atoms with van der Waals surface area (Å²) in [5.74, 6) is -0.189. The molecule has 0 aliphatic heterocycles. The number of hydrogen-bond donors (Lipinski definition) is 2. The Kier molecular flexibility index (Phi) is 8.14. The van der Waals surface area contributed by atoms with Crippen LogP contribution in [0.4, 0.5) is 4.39 Å². The van der Waals surface area contributed by atoms with E-state index in [-0.39, 0.29) is 5.82 Å². The molecule has 0 heterocycles. The average molecular weight is 298 g/mol. The lowest BCUT2D eigenvalue weighted by molar-refractivity contribution is 0.145. The van der Waals surface area contributed by atoms with Crippen molar-refractivity contribution >= 4 is 17.3 Å². The normalized spacial score (nSPS) is 10.3. The van der Waals surface area contributed by atoms with Crippen molar-refractivity contribution in [1.82, 2.24) is 10.6 Å². The van der Waals surface area contributed by atoms with E-state index in [1.54, 1.807) is 6.07 Å². The Morgan fingerprint density at radius 1 is 1.30 bits per heavy atom. The fraction of sp³-hybridized carbons (Fsp3) is 0.533. The van der Waals surface area contributed by atoms with Crippen LogP contribution in [-0.2, 0) is 11.2 Å². The highest BCUT2D eigenvalue weighted by molar-refractivity contribution is 7.80. The molecule has 0 saturated heterocycles. The van der Waals surface area contributed by atoms with Crippen LogP contribution in [-0.4, -0.2) is 31.4 Å². The number of thiocarbonyl (C=S) groups is 1. The minimum atomic E-state index is -0.189. The Labute approximate surface area is 125 Å². The summed E-state index contributed by atoms with van der Waals surface area (Å²) in [6.45, 7) is 6.95. The van der Waals surface area contributed by atoms with E-state index in [1.165, 1.54) is 6.07 Å². The summed E-state index contributed by atoms with van der Waals surface area (Å²) < 4.78 is 18.2. The van der Waals surface area contributed by atoms with Gasteiger partial charge < -0.3 is 15.4 Å². The lowest BCUT2D eigenvalue weighted by atomic mass is 10.1. The van der Waals surface area contributed by atoms with Gasteiger partial charge >= 0.3 is 0 Å². The van der Waals surface area contributed by atoms with Gasteiger partial charge in [-0.2, -0.15) is 0 Å². The Bertz CT molecular complexity index is 426. The van der Waals surface area contributed by atoms with Crippen molar-refractivity contribution in [1.29, 1.82) is 0 Å². The van der Waals surface area contributed by atoms with E-state index in [0.29, 0.717) is 5.11 Å². The third kappa shape index (κ3) is 6.82. The predicted octanol–water partition coefficient (Wildman–Crippen LogP) is 2.57. The zero-order valence-corrected chi connectivity index (χ0v) is 13.0. The van der Waals surface area contributed by atoms with Crippen LogP contribution in [0.15, 0.2) is 18.2 Å². The Morgan fingerprint density at radius 2 is 2.05 bits per heavy atom. The maximum atomic E-state index is 13.0. The zero-order chi connectivity index (χ0) is 14.8. The summed E-state index contributed by atoms with van der Waals surface area (Å²) in [5.41, 5.74) is 2.11. The first-order valence-electron chi connectivity index (χ1n) is 6.98. The first-order valence-corrected chi connectivity index (χ1v) is 7.38. The minimum absolute atomic E-state index is 0.189. The summed E-state index contributed by atoms with van der Waals surface area (Å²) in [4.78, 5) is 0. The lowest BCUT2D eigenvalue weighted by Gasteiger charge is -2.11. The van der Waals surface area contributed by atoms with E-state index in [4.69, 9.17) is 17.0 Å². The number of aryl methyl sites for hydroxylation is 1. The summed E-state index contributed by atoms with van der Waals surface area (Å²) in [6.07, 6.45) is 1.76. The molecular formula is C15H23FN2OS. The zero-order valence-electron chi connectivity index (χ0n) is 12.2. The van der Waals surface area contributed by atoms with Gasteiger partial charge in [-0.25, -0.2) is 4.39 Å². The second kappa shape index (κ2) is 9.66. The Balaban J connectivity index is 2.15. The summed E-state index contributed by atoms with van der Waals surface area (Å²) in [7, 11) is 0. The number of rotatable bonds is 8. The summed E-state index contributed by atoms with van der Waals surface area (Å²) in [5, 5.41) is 6.94. The third-order valence-corrected chi connectivity index (χ3v) is 3.23. The molecule has 20 heavy (non-hydrogen) atoms. The van der Waals surface area contributed by atoms with Gasteiger partial charge in [0.2, 0.25) is 0 Å². The molecule has 0 spiro atoms. The van der Waals surface area contributed by atoms with Crippen LogP contribution < -0.4 is 10.6 Å². The fourth-order valence-corrected chi connectivity index (χ4v) is 2.04. The van der Waals surface area contributed by atoms with E-state index in [0.717, 1.165) is 50.3 Å². The molecule has 5 heteroatoms. The largest absolute Gasteiger partial charge is 0.382 e. The fourth-order valence-electron chi connectivity index (χ4n) is 1.83. The summed E-state index contributed by atoms with van der Waals surface area (Å²) in [6, 6.07) is 4.87. The maximum Gasteiger partial charge on any atom is 0.166 e. The van der Waals surface area contributed by atoms with Crippen molar-refractivity contribution in [3.8, 4) is 0 Å². The number of ether oxygens (including phenoxy) is 1. The van der Waals surface area contributed by atoms with Gasteiger partial charge in [0.15, 0.2) is 5.11 Å². The van der Waals surface area contributed by atoms with Crippen LogP contribution in [0.25, 0.3) is 0 Å². The number of benzene rings is 1. The molecule has 1 aromatic rings. The van der Waals surface area contributed by atoms with Crippen molar-refractivity contribution in [2.24, 2.45) is 0 Å². The highest BCUT2D eigenvalue weighted by atomic mass is 32.1. The van der Waals surface area contributed by atoms with Gasteiger partial charge in [-0.3, -0.25) is 0 Å². The molecule has 0 radical (unpaired) electrons. The Morgan fingerprint density at radius 3 is 2.75 bits per heavy atom. The quantitative estimate of drug-likeness (QED) is 0.571. The van der Waals surface area contributed by atoms with Crippen LogP contribution in [0, 0.1) is 12.7 Å². The van der Waals surface area contributed by atoms with Crippen molar-refractivity contribution < 1.29 is 9.13 Å². The predicted molar refractivity (Wildman–Crippen MR) is 84.6 cm³/mol. The van der Waals surface area contributed by atoms with Gasteiger partial charge in [0.25, 0.3) is 0 Å². The van der Waals surface area contributed by atoms with Crippen LogP contribution in [0.3, 0.4) is 0 Å². The smallest absolute Gasteiger partial charge is 0.166 e. The molecule has 1 rings (SSSR count). The lowest BCUT2D eigenvalue weighted by Crippen LogP contribution is -2.37. The van der Waals surface area contributed by atoms with E-state index in [1.807, 2.05) is 19.9 Å². The second-order valence-electron chi connectivity index (χ2n) is 4.55. The number of nitrogens with one attached hydrogen (secondary N) is 2. The van der Waals surface area contributed by atoms with Gasteiger partial charge in [-0.15, -0.1) is 0 Å². The molecule has 0 aliphatic rings. The molecule has 0 fully saturated rings. The SMILES string of the molecule is CCOCCCNC(=S)NCCc1ccc(F)cc1C.